The van der Waals surface area contributed by atoms with E-state index in [4.69, 9.17) is 4.74 Å². The average Bonchev–Trinajstić information content (AvgIpc) is 2.98. The van der Waals surface area contributed by atoms with Crippen molar-refractivity contribution in [3.63, 3.8) is 0 Å². The van der Waals surface area contributed by atoms with Crippen molar-refractivity contribution in [2.75, 3.05) is 13.7 Å². The number of amides is 1. The predicted octanol–water partition coefficient (Wildman–Crippen LogP) is 2.54. The van der Waals surface area contributed by atoms with E-state index < -0.39 is 0 Å². The second kappa shape index (κ2) is 6.30. The number of aromatic nitrogens is 2. The highest BCUT2D eigenvalue weighted by Gasteiger charge is 2.07. The van der Waals surface area contributed by atoms with Gasteiger partial charge < -0.3 is 15.0 Å². The number of pyridine rings is 1. The van der Waals surface area contributed by atoms with Crippen molar-refractivity contribution in [3.05, 3.63) is 60.0 Å². The zero-order chi connectivity index (χ0) is 15.4. The first-order chi connectivity index (χ1) is 10.8. The Morgan fingerprint density at radius 1 is 1.27 bits per heavy atom. The standard InChI is InChI=1S/C17H17N3O2/c1-22-14-2-3-16-15(10-14)13(11-20-16)6-9-19-17(21)12-4-7-18-8-5-12/h2-5,7-8,10-11,20H,6,9H2,1H3,(H,19,21). The van der Waals surface area contributed by atoms with E-state index >= 15 is 0 Å². The molecular formula is C17H17N3O2. The third-order valence-electron chi connectivity index (χ3n) is 3.60. The number of hydrogen-bond donors (Lipinski definition) is 2. The van der Waals surface area contributed by atoms with Crippen LogP contribution in [0, 0.1) is 0 Å². The summed E-state index contributed by atoms with van der Waals surface area (Å²) in [7, 11) is 1.66. The van der Waals surface area contributed by atoms with Gasteiger partial charge in [-0.25, -0.2) is 0 Å². The quantitative estimate of drug-likeness (QED) is 0.760. The molecule has 5 nitrogen and oxygen atoms in total. The highest BCUT2D eigenvalue weighted by molar-refractivity contribution is 5.94. The number of carbonyl (C=O) groups is 1. The topological polar surface area (TPSA) is 67.0 Å². The summed E-state index contributed by atoms with van der Waals surface area (Å²) in [6, 6.07) is 9.32. The molecule has 22 heavy (non-hydrogen) atoms. The van der Waals surface area contributed by atoms with Gasteiger partial charge in [0.05, 0.1) is 7.11 Å². The van der Waals surface area contributed by atoms with E-state index in [9.17, 15) is 4.79 Å². The Morgan fingerprint density at radius 3 is 2.86 bits per heavy atom. The Balaban J connectivity index is 1.65. The second-order valence-electron chi connectivity index (χ2n) is 4.97. The number of ether oxygens (including phenoxy) is 1. The zero-order valence-corrected chi connectivity index (χ0v) is 12.3. The Morgan fingerprint density at radius 2 is 2.09 bits per heavy atom. The number of aromatic amines is 1. The van der Waals surface area contributed by atoms with E-state index in [2.05, 4.69) is 15.3 Å². The fourth-order valence-electron chi connectivity index (χ4n) is 2.41. The van der Waals surface area contributed by atoms with Crippen LogP contribution >= 0.6 is 0 Å². The van der Waals surface area contributed by atoms with Gasteiger partial charge in [0.25, 0.3) is 5.91 Å². The van der Waals surface area contributed by atoms with E-state index in [1.807, 2.05) is 24.4 Å². The molecule has 112 valence electrons. The summed E-state index contributed by atoms with van der Waals surface area (Å²) in [6.07, 6.45) is 5.95. The highest BCUT2D eigenvalue weighted by Crippen LogP contribution is 2.23. The van der Waals surface area contributed by atoms with Crippen molar-refractivity contribution in [3.8, 4) is 5.75 Å². The Bertz CT molecular complexity index is 781. The molecule has 1 amide bonds. The molecule has 1 aromatic carbocycles. The van der Waals surface area contributed by atoms with Gasteiger partial charge in [-0.3, -0.25) is 9.78 Å². The van der Waals surface area contributed by atoms with Gasteiger partial charge in [-0.2, -0.15) is 0 Å². The van der Waals surface area contributed by atoms with Gasteiger partial charge in [0.2, 0.25) is 0 Å². The molecule has 3 aromatic rings. The molecule has 2 aromatic heterocycles. The summed E-state index contributed by atoms with van der Waals surface area (Å²) in [4.78, 5) is 19.1. The number of H-pyrrole nitrogens is 1. The van der Waals surface area contributed by atoms with Crippen LogP contribution in [0.25, 0.3) is 10.9 Å². The molecule has 0 bridgehead atoms. The van der Waals surface area contributed by atoms with E-state index in [0.717, 1.165) is 28.6 Å². The number of benzene rings is 1. The molecule has 0 aliphatic carbocycles. The highest BCUT2D eigenvalue weighted by atomic mass is 16.5. The van der Waals surface area contributed by atoms with Crippen LogP contribution < -0.4 is 10.1 Å². The lowest BCUT2D eigenvalue weighted by atomic mass is 10.1. The fourth-order valence-corrected chi connectivity index (χ4v) is 2.41. The Hall–Kier alpha value is -2.82. The van der Waals surface area contributed by atoms with Gasteiger partial charge in [0.15, 0.2) is 0 Å². The van der Waals surface area contributed by atoms with Crippen LogP contribution in [-0.2, 0) is 6.42 Å². The Labute approximate surface area is 128 Å². The van der Waals surface area contributed by atoms with Crippen LogP contribution in [0.4, 0.5) is 0 Å². The Kier molecular flexibility index (Phi) is 4.05. The number of carbonyl (C=O) groups excluding carboxylic acids is 1. The minimum absolute atomic E-state index is 0.0835. The average molecular weight is 295 g/mol. The number of hydrogen-bond acceptors (Lipinski definition) is 3. The van der Waals surface area contributed by atoms with Crippen LogP contribution in [0.5, 0.6) is 5.75 Å². The lowest BCUT2D eigenvalue weighted by Crippen LogP contribution is -2.25. The van der Waals surface area contributed by atoms with Crippen molar-refractivity contribution in [2.24, 2.45) is 0 Å². The van der Waals surface area contributed by atoms with Crippen molar-refractivity contribution in [1.29, 1.82) is 0 Å². The molecule has 0 saturated heterocycles. The third-order valence-corrected chi connectivity index (χ3v) is 3.60. The summed E-state index contributed by atoms with van der Waals surface area (Å²) < 4.78 is 5.26. The molecule has 2 N–H and O–H groups in total. The predicted molar refractivity (Wildman–Crippen MR) is 85.1 cm³/mol. The lowest BCUT2D eigenvalue weighted by Gasteiger charge is -2.05. The number of nitrogens with zero attached hydrogens (tertiary/aromatic N) is 1. The van der Waals surface area contributed by atoms with Crippen LogP contribution in [0.15, 0.2) is 48.9 Å². The molecule has 0 radical (unpaired) electrons. The third kappa shape index (κ3) is 2.93. The maximum Gasteiger partial charge on any atom is 0.251 e. The molecule has 0 aliphatic rings. The van der Waals surface area contributed by atoms with Crippen molar-refractivity contribution < 1.29 is 9.53 Å². The lowest BCUT2D eigenvalue weighted by molar-refractivity contribution is 0.0954. The van der Waals surface area contributed by atoms with Crippen LogP contribution in [0.2, 0.25) is 0 Å². The van der Waals surface area contributed by atoms with Gasteiger partial charge in [-0.15, -0.1) is 0 Å². The molecular weight excluding hydrogens is 278 g/mol. The van der Waals surface area contributed by atoms with Gasteiger partial charge >= 0.3 is 0 Å². The van der Waals surface area contributed by atoms with E-state index in [0.29, 0.717) is 12.1 Å². The summed E-state index contributed by atoms with van der Waals surface area (Å²) in [5, 5.41) is 4.04. The summed E-state index contributed by atoms with van der Waals surface area (Å²) in [5.74, 6) is 0.744. The fraction of sp³-hybridized carbons (Fsp3) is 0.176. The molecule has 3 rings (SSSR count). The summed E-state index contributed by atoms with van der Waals surface area (Å²) in [5.41, 5.74) is 2.84. The second-order valence-corrected chi connectivity index (χ2v) is 4.97. The molecule has 0 spiro atoms. The van der Waals surface area contributed by atoms with E-state index in [1.54, 1.807) is 31.6 Å². The van der Waals surface area contributed by atoms with Gasteiger partial charge in [0, 0.05) is 41.6 Å². The smallest absolute Gasteiger partial charge is 0.251 e. The normalized spacial score (nSPS) is 10.6. The van der Waals surface area contributed by atoms with Gasteiger partial charge in [-0.05, 0) is 42.3 Å². The molecule has 0 unspecified atom stereocenters. The molecule has 5 heteroatoms. The van der Waals surface area contributed by atoms with Crippen molar-refractivity contribution in [2.45, 2.75) is 6.42 Å². The van der Waals surface area contributed by atoms with Crippen LogP contribution in [0.1, 0.15) is 15.9 Å². The van der Waals surface area contributed by atoms with Crippen LogP contribution in [-0.4, -0.2) is 29.5 Å². The first-order valence-corrected chi connectivity index (χ1v) is 7.10. The monoisotopic (exact) mass is 295 g/mol. The molecule has 0 fully saturated rings. The minimum Gasteiger partial charge on any atom is -0.497 e. The van der Waals surface area contributed by atoms with Gasteiger partial charge in [0.1, 0.15) is 5.75 Å². The van der Waals surface area contributed by atoms with Gasteiger partial charge in [-0.1, -0.05) is 0 Å². The first kappa shape index (κ1) is 14.1. The maximum absolute atomic E-state index is 12.0. The number of methoxy groups -OCH3 is 1. The van der Waals surface area contributed by atoms with Crippen molar-refractivity contribution >= 4 is 16.8 Å². The molecule has 0 aliphatic heterocycles. The molecule has 0 saturated carbocycles. The molecule has 0 atom stereocenters. The summed E-state index contributed by atoms with van der Waals surface area (Å²) in [6.45, 7) is 0.575. The maximum atomic E-state index is 12.0. The summed E-state index contributed by atoms with van der Waals surface area (Å²) >= 11 is 0. The van der Waals surface area contributed by atoms with Crippen molar-refractivity contribution in [1.82, 2.24) is 15.3 Å². The number of fused-ring (bicyclic) bond motifs is 1. The largest absolute Gasteiger partial charge is 0.497 e. The van der Waals surface area contributed by atoms with E-state index in [1.165, 1.54) is 0 Å². The van der Waals surface area contributed by atoms with Crippen LogP contribution in [0.3, 0.4) is 0 Å². The number of nitrogens with one attached hydrogen (secondary N) is 2. The first-order valence-electron chi connectivity index (χ1n) is 7.10. The minimum atomic E-state index is -0.0835. The SMILES string of the molecule is COc1ccc2[nH]cc(CCNC(=O)c3ccncc3)c2c1. The zero-order valence-electron chi connectivity index (χ0n) is 12.3. The van der Waals surface area contributed by atoms with E-state index in [-0.39, 0.29) is 5.91 Å². The molecule has 2 heterocycles. The number of rotatable bonds is 5.